The number of nitrogens with one attached hydrogen (secondary N) is 1. The monoisotopic (exact) mass is 427 g/mol. The van der Waals surface area contributed by atoms with Crippen molar-refractivity contribution in [3.05, 3.63) is 41.7 Å². The van der Waals surface area contributed by atoms with Gasteiger partial charge in [0.05, 0.1) is 18.0 Å². The molecule has 7 nitrogen and oxygen atoms in total. The van der Waals surface area contributed by atoms with E-state index in [4.69, 9.17) is 0 Å². The average molecular weight is 428 g/mol. The van der Waals surface area contributed by atoms with Crippen LogP contribution in [0.1, 0.15) is 30.9 Å². The lowest BCUT2D eigenvalue weighted by atomic mass is 10.1. The Bertz CT molecular complexity index is 1240. The van der Waals surface area contributed by atoms with E-state index < -0.39 is 22.7 Å². The molecule has 0 spiro atoms. The minimum absolute atomic E-state index is 0.147. The Hall–Kier alpha value is -2.83. The smallest absolute Gasteiger partial charge is 0.243 e. The maximum absolute atomic E-state index is 12.7. The number of alkyl halides is 1. The minimum Gasteiger partial charge on any atom is -0.336 e. The number of nitriles is 1. The third-order valence-electron chi connectivity index (χ3n) is 5.21. The molecule has 2 aromatic heterocycles. The van der Waals surface area contributed by atoms with Gasteiger partial charge in [-0.15, -0.1) is 0 Å². The zero-order chi connectivity index (χ0) is 21.5. The molecular formula is C21H22FN5O2S. The van der Waals surface area contributed by atoms with Gasteiger partial charge in [0.2, 0.25) is 10.0 Å². The lowest BCUT2D eigenvalue weighted by Gasteiger charge is -2.12. The van der Waals surface area contributed by atoms with E-state index >= 15 is 0 Å². The summed E-state index contributed by atoms with van der Waals surface area (Å²) in [5, 5.41) is 10.7. The van der Waals surface area contributed by atoms with Gasteiger partial charge in [0.1, 0.15) is 23.3 Å². The third-order valence-corrected chi connectivity index (χ3v) is 6.75. The van der Waals surface area contributed by atoms with Gasteiger partial charge in [0.15, 0.2) is 5.82 Å². The number of benzene rings is 1. The quantitative estimate of drug-likeness (QED) is 0.623. The highest BCUT2D eigenvalue weighted by atomic mass is 32.2. The van der Waals surface area contributed by atoms with Crippen LogP contribution in [0.3, 0.4) is 0 Å². The van der Waals surface area contributed by atoms with Crippen molar-refractivity contribution < 1.29 is 12.8 Å². The van der Waals surface area contributed by atoms with Gasteiger partial charge in [-0.3, -0.25) is 0 Å². The van der Waals surface area contributed by atoms with Crippen LogP contribution < -0.4 is 4.72 Å². The van der Waals surface area contributed by atoms with Crippen LogP contribution in [-0.4, -0.2) is 35.7 Å². The van der Waals surface area contributed by atoms with E-state index in [2.05, 4.69) is 25.3 Å². The predicted octanol–water partition coefficient (Wildman–Crippen LogP) is 3.32. The fourth-order valence-corrected chi connectivity index (χ4v) is 4.62. The van der Waals surface area contributed by atoms with E-state index in [1.807, 2.05) is 25.1 Å². The SMILES string of the molecule is Cc1ccc2c(c1)c(C#N)c(-c1ncc(S(=O)(=O)N[C@@H](C)CF)cn1)n2CC1CC1. The lowest BCUT2D eigenvalue weighted by Crippen LogP contribution is -2.34. The number of aryl methyl sites for hydroxylation is 1. The molecule has 4 rings (SSSR count). The second kappa shape index (κ2) is 7.78. The topological polar surface area (TPSA) is 101 Å². The molecule has 9 heteroatoms. The molecule has 0 radical (unpaired) electrons. The highest BCUT2D eigenvalue weighted by Gasteiger charge is 2.28. The Morgan fingerprint density at radius 1 is 1.33 bits per heavy atom. The van der Waals surface area contributed by atoms with Crippen molar-refractivity contribution in [2.45, 2.75) is 44.2 Å². The van der Waals surface area contributed by atoms with Crippen molar-refractivity contribution in [1.82, 2.24) is 19.3 Å². The van der Waals surface area contributed by atoms with Gasteiger partial charge in [-0.2, -0.15) is 5.26 Å². The fraction of sp³-hybridized carbons (Fsp3) is 0.381. The van der Waals surface area contributed by atoms with Gasteiger partial charge in [-0.1, -0.05) is 11.6 Å². The first-order valence-corrected chi connectivity index (χ1v) is 11.3. The van der Waals surface area contributed by atoms with Crippen LogP contribution in [0.4, 0.5) is 4.39 Å². The largest absolute Gasteiger partial charge is 0.336 e. The van der Waals surface area contributed by atoms with E-state index in [1.54, 1.807) is 0 Å². The molecule has 1 atom stereocenters. The first kappa shape index (κ1) is 20.4. The van der Waals surface area contributed by atoms with E-state index in [9.17, 15) is 18.1 Å². The van der Waals surface area contributed by atoms with Crippen molar-refractivity contribution in [2.24, 2.45) is 5.92 Å². The number of hydrogen-bond donors (Lipinski definition) is 1. The van der Waals surface area contributed by atoms with Crippen molar-refractivity contribution in [3.63, 3.8) is 0 Å². The molecule has 0 amide bonds. The summed E-state index contributed by atoms with van der Waals surface area (Å²) in [7, 11) is -3.92. The Kier molecular flexibility index (Phi) is 5.30. The third kappa shape index (κ3) is 3.80. The standard InChI is InChI=1S/C21H22FN5O2S/c1-13-3-6-19-17(7-13)18(9-23)20(27(19)12-15-4-5-15)21-24-10-16(11-25-21)30(28,29)26-14(2)8-22/h3,6-7,10-11,14-15,26H,4-5,8,12H2,1-2H3/t14-/m0/s1. The van der Waals surface area contributed by atoms with Crippen LogP contribution in [0.2, 0.25) is 0 Å². The molecule has 2 heterocycles. The number of aromatic nitrogens is 3. The maximum Gasteiger partial charge on any atom is 0.243 e. The molecule has 156 valence electrons. The molecule has 0 unspecified atom stereocenters. The molecule has 1 aliphatic carbocycles. The second-order valence-corrected chi connectivity index (χ2v) is 9.54. The van der Waals surface area contributed by atoms with Crippen LogP contribution >= 0.6 is 0 Å². The Morgan fingerprint density at radius 2 is 2.03 bits per heavy atom. The van der Waals surface area contributed by atoms with E-state index in [0.29, 0.717) is 23.0 Å². The van der Waals surface area contributed by atoms with Gasteiger partial charge in [-0.05, 0) is 44.7 Å². The summed E-state index contributed by atoms with van der Waals surface area (Å²) in [6.07, 6.45) is 4.68. The molecule has 1 aromatic carbocycles. The zero-order valence-corrected chi connectivity index (χ0v) is 17.6. The van der Waals surface area contributed by atoms with Crippen LogP contribution in [-0.2, 0) is 16.6 Å². The first-order valence-electron chi connectivity index (χ1n) is 9.77. The molecule has 0 saturated heterocycles. The van der Waals surface area contributed by atoms with Crippen LogP contribution in [0, 0.1) is 24.2 Å². The van der Waals surface area contributed by atoms with Crippen molar-refractivity contribution >= 4 is 20.9 Å². The zero-order valence-electron chi connectivity index (χ0n) is 16.8. The molecule has 1 N–H and O–H groups in total. The van der Waals surface area contributed by atoms with Crippen molar-refractivity contribution in [2.75, 3.05) is 6.67 Å². The number of sulfonamides is 1. The summed E-state index contributed by atoms with van der Waals surface area (Å²) in [5.41, 5.74) is 3.07. The molecule has 3 aromatic rings. The van der Waals surface area contributed by atoms with Gasteiger partial charge >= 0.3 is 0 Å². The average Bonchev–Trinajstić information content (AvgIpc) is 3.49. The molecule has 1 aliphatic rings. The highest BCUT2D eigenvalue weighted by Crippen LogP contribution is 2.37. The van der Waals surface area contributed by atoms with Gasteiger partial charge in [-0.25, -0.2) is 27.5 Å². The summed E-state index contributed by atoms with van der Waals surface area (Å²) in [6.45, 7) is 3.35. The van der Waals surface area contributed by atoms with Gasteiger partial charge in [0, 0.05) is 23.5 Å². The molecule has 1 fully saturated rings. The van der Waals surface area contributed by atoms with E-state index in [-0.39, 0.29) is 4.90 Å². The summed E-state index contributed by atoms with van der Waals surface area (Å²) < 4.78 is 41.7. The molecule has 0 bridgehead atoms. The Morgan fingerprint density at radius 3 is 2.63 bits per heavy atom. The summed E-state index contributed by atoms with van der Waals surface area (Å²) in [5.74, 6) is 0.844. The van der Waals surface area contributed by atoms with Crippen LogP contribution in [0.15, 0.2) is 35.5 Å². The number of rotatable bonds is 7. The van der Waals surface area contributed by atoms with Crippen molar-refractivity contribution in [1.29, 1.82) is 5.26 Å². The summed E-state index contributed by atoms with van der Waals surface area (Å²) in [6, 6.07) is 7.42. The molecule has 1 saturated carbocycles. The predicted molar refractivity (Wildman–Crippen MR) is 111 cm³/mol. The van der Waals surface area contributed by atoms with Crippen LogP contribution in [0.5, 0.6) is 0 Å². The van der Waals surface area contributed by atoms with Gasteiger partial charge in [0.25, 0.3) is 0 Å². The Labute approximate surface area is 174 Å². The van der Waals surface area contributed by atoms with E-state index in [1.165, 1.54) is 19.3 Å². The fourth-order valence-electron chi connectivity index (χ4n) is 3.50. The van der Waals surface area contributed by atoms with Crippen molar-refractivity contribution in [3.8, 4) is 17.6 Å². The first-order chi connectivity index (χ1) is 14.3. The van der Waals surface area contributed by atoms with Crippen LogP contribution in [0.25, 0.3) is 22.4 Å². The number of nitrogens with zero attached hydrogens (tertiary/aromatic N) is 4. The number of halogens is 1. The summed E-state index contributed by atoms with van der Waals surface area (Å²) >= 11 is 0. The number of fused-ring (bicyclic) bond motifs is 1. The second-order valence-electron chi connectivity index (χ2n) is 7.83. The normalized spacial score (nSPS) is 15.3. The lowest BCUT2D eigenvalue weighted by molar-refractivity contribution is 0.423. The summed E-state index contributed by atoms with van der Waals surface area (Å²) in [4.78, 5) is 8.39. The molecule has 30 heavy (non-hydrogen) atoms. The van der Waals surface area contributed by atoms with E-state index in [0.717, 1.165) is 35.9 Å². The molecular weight excluding hydrogens is 405 g/mol. The Balaban J connectivity index is 1.82. The number of hydrogen-bond acceptors (Lipinski definition) is 5. The maximum atomic E-state index is 12.7. The van der Waals surface area contributed by atoms with Gasteiger partial charge < -0.3 is 4.57 Å². The minimum atomic E-state index is -3.92. The molecule has 0 aliphatic heterocycles. The highest BCUT2D eigenvalue weighted by molar-refractivity contribution is 7.89.